The summed E-state index contributed by atoms with van der Waals surface area (Å²) in [5, 5.41) is 0. The summed E-state index contributed by atoms with van der Waals surface area (Å²) >= 11 is 0. The predicted octanol–water partition coefficient (Wildman–Crippen LogP) is 3.38. The van der Waals surface area contributed by atoms with E-state index in [2.05, 4.69) is 20.8 Å². The first-order valence-corrected chi connectivity index (χ1v) is 3.81. The molecular formula is C8H21N. The van der Waals surface area contributed by atoms with E-state index in [4.69, 9.17) is 0 Å². The smallest absolute Gasteiger partial charge is 0.0445 e. The topological polar surface area (TPSA) is 35.0 Å². The van der Waals surface area contributed by atoms with Crippen molar-refractivity contribution in [1.29, 1.82) is 0 Å². The zero-order chi connectivity index (χ0) is 6.41. The molecule has 0 radical (unpaired) electrons. The van der Waals surface area contributed by atoms with Gasteiger partial charge in [0.2, 0.25) is 0 Å². The summed E-state index contributed by atoms with van der Waals surface area (Å²) in [6, 6.07) is 0. The lowest BCUT2D eigenvalue weighted by molar-refractivity contribution is 0.492. The maximum Gasteiger partial charge on any atom is -0.0445 e. The second-order valence-electron chi connectivity index (χ2n) is 2.66. The van der Waals surface area contributed by atoms with Gasteiger partial charge in [-0.05, 0) is 5.92 Å². The Labute approximate surface area is 59.4 Å². The highest BCUT2D eigenvalue weighted by atomic mass is 14.0. The maximum atomic E-state index is 2.33. The standard InChI is InChI=1S/C8H18.H3N/c1-4-6-7-8(3)5-2;/h8H,4-7H2,1-3H3;1H3. The molecule has 9 heavy (non-hydrogen) atoms. The Kier molecular flexibility index (Phi) is 10.4. The van der Waals surface area contributed by atoms with Crippen LogP contribution in [0.2, 0.25) is 0 Å². The van der Waals surface area contributed by atoms with Crippen molar-refractivity contribution in [1.82, 2.24) is 6.15 Å². The lowest BCUT2D eigenvalue weighted by Gasteiger charge is -2.04. The van der Waals surface area contributed by atoms with Crippen molar-refractivity contribution < 1.29 is 0 Å². The third kappa shape index (κ3) is 7.96. The van der Waals surface area contributed by atoms with Crippen LogP contribution in [0.15, 0.2) is 0 Å². The van der Waals surface area contributed by atoms with E-state index in [9.17, 15) is 0 Å². The van der Waals surface area contributed by atoms with E-state index in [1.54, 1.807) is 0 Å². The molecule has 0 amide bonds. The number of hydrogen-bond acceptors (Lipinski definition) is 1. The van der Waals surface area contributed by atoms with Crippen LogP contribution in [0.25, 0.3) is 0 Å². The minimum absolute atomic E-state index is 0. The van der Waals surface area contributed by atoms with Crippen molar-refractivity contribution in [2.24, 2.45) is 5.92 Å². The summed E-state index contributed by atoms with van der Waals surface area (Å²) in [6.45, 7) is 6.85. The molecule has 0 aromatic rings. The summed E-state index contributed by atoms with van der Waals surface area (Å²) in [6.07, 6.45) is 5.53. The van der Waals surface area contributed by atoms with Gasteiger partial charge in [-0.1, -0.05) is 46.5 Å². The second-order valence-corrected chi connectivity index (χ2v) is 2.66. The first-order chi connectivity index (χ1) is 3.81. The van der Waals surface area contributed by atoms with Gasteiger partial charge < -0.3 is 6.15 Å². The van der Waals surface area contributed by atoms with Crippen LogP contribution in [0.1, 0.15) is 46.5 Å². The van der Waals surface area contributed by atoms with E-state index in [0.717, 1.165) is 5.92 Å². The number of hydrogen-bond donors (Lipinski definition) is 1. The lowest BCUT2D eigenvalue weighted by Crippen LogP contribution is -1.89. The molecule has 3 N–H and O–H groups in total. The summed E-state index contributed by atoms with van der Waals surface area (Å²) in [7, 11) is 0. The van der Waals surface area contributed by atoms with Gasteiger partial charge in [0.05, 0.1) is 0 Å². The van der Waals surface area contributed by atoms with Crippen molar-refractivity contribution in [2.75, 3.05) is 0 Å². The van der Waals surface area contributed by atoms with Gasteiger partial charge in [-0.2, -0.15) is 0 Å². The molecule has 0 saturated carbocycles. The SMILES string of the molecule is CCCCC(C)CC.N. The van der Waals surface area contributed by atoms with E-state index in [1.807, 2.05) is 0 Å². The molecule has 0 spiro atoms. The third-order valence-corrected chi connectivity index (χ3v) is 1.75. The number of rotatable bonds is 4. The number of unbranched alkanes of at least 4 members (excludes halogenated alkanes) is 1. The Morgan fingerprint density at radius 2 is 1.78 bits per heavy atom. The van der Waals surface area contributed by atoms with E-state index < -0.39 is 0 Å². The summed E-state index contributed by atoms with van der Waals surface area (Å²) in [5.74, 6) is 0.954. The van der Waals surface area contributed by atoms with Gasteiger partial charge in [-0.25, -0.2) is 0 Å². The fourth-order valence-electron chi connectivity index (χ4n) is 0.757. The molecule has 1 atom stereocenters. The quantitative estimate of drug-likeness (QED) is 0.623. The zero-order valence-electron chi connectivity index (χ0n) is 7.11. The van der Waals surface area contributed by atoms with E-state index in [0.29, 0.717) is 0 Å². The fraction of sp³-hybridized carbons (Fsp3) is 1.00. The Morgan fingerprint density at radius 1 is 1.22 bits per heavy atom. The van der Waals surface area contributed by atoms with Crippen molar-refractivity contribution in [2.45, 2.75) is 46.5 Å². The maximum absolute atomic E-state index is 2.33. The molecule has 1 nitrogen and oxygen atoms in total. The molecule has 0 bridgehead atoms. The molecule has 1 unspecified atom stereocenters. The van der Waals surface area contributed by atoms with Crippen LogP contribution in [0.3, 0.4) is 0 Å². The van der Waals surface area contributed by atoms with E-state index in [1.165, 1.54) is 25.7 Å². The predicted molar refractivity (Wildman–Crippen MR) is 44.0 cm³/mol. The van der Waals surface area contributed by atoms with Crippen LogP contribution in [0.5, 0.6) is 0 Å². The van der Waals surface area contributed by atoms with Crippen molar-refractivity contribution in [3.05, 3.63) is 0 Å². The second kappa shape index (κ2) is 7.96. The molecule has 0 aromatic heterocycles. The molecular weight excluding hydrogens is 110 g/mol. The molecule has 58 valence electrons. The van der Waals surface area contributed by atoms with Crippen molar-refractivity contribution in [3.63, 3.8) is 0 Å². The highest BCUT2D eigenvalue weighted by Crippen LogP contribution is 2.09. The van der Waals surface area contributed by atoms with Gasteiger partial charge in [0, 0.05) is 0 Å². The van der Waals surface area contributed by atoms with Crippen LogP contribution in [0, 0.1) is 5.92 Å². The fourth-order valence-corrected chi connectivity index (χ4v) is 0.757. The summed E-state index contributed by atoms with van der Waals surface area (Å²) in [4.78, 5) is 0. The highest BCUT2D eigenvalue weighted by molar-refractivity contribution is 4.47. The Morgan fingerprint density at radius 3 is 2.11 bits per heavy atom. The monoisotopic (exact) mass is 131 g/mol. The molecule has 0 aliphatic carbocycles. The van der Waals surface area contributed by atoms with Crippen LogP contribution < -0.4 is 6.15 Å². The molecule has 0 saturated heterocycles. The minimum atomic E-state index is 0. The van der Waals surface area contributed by atoms with Crippen molar-refractivity contribution >= 4 is 0 Å². The van der Waals surface area contributed by atoms with Gasteiger partial charge in [0.25, 0.3) is 0 Å². The molecule has 0 fully saturated rings. The van der Waals surface area contributed by atoms with Gasteiger partial charge in [0.1, 0.15) is 0 Å². The Balaban J connectivity index is 0. The largest absolute Gasteiger partial charge is 0.344 e. The van der Waals surface area contributed by atoms with Crippen LogP contribution in [-0.2, 0) is 0 Å². The molecule has 0 aromatic carbocycles. The first-order valence-electron chi connectivity index (χ1n) is 3.81. The summed E-state index contributed by atoms with van der Waals surface area (Å²) < 4.78 is 0. The first kappa shape index (κ1) is 11.7. The molecule has 0 rings (SSSR count). The average molecular weight is 131 g/mol. The molecule has 0 aliphatic heterocycles. The van der Waals surface area contributed by atoms with Crippen LogP contribution in [-0.4, -0.2) is 0 Å². The molecule has 0 aliphatic rings. The molecule has 1 heteroatoms. The van der Waals surface area contributed by atoms with Gasteiger partial charge in [-0.15, -0.1) is 0 Å². The van der Waals surface area contributed by atoms with E-state index >= 15 is 0 Å². The van der Waals surface area contributed by atoms with E-state index in [-0.39, 0.29) is 6.15 Å². The van der Waals surface area contributed by atoms with Crippen LogP contribution in [0.4, 0.5) is 0 Å². The highest BCUT2D eigenvalue weighted by Gasteiger charge is 1.94. The van der Waals surface area contributed by atoms with Crippen molar-refractivity contribution in [3.8, 4) is 0 Å². The lowest BCUT2D eigenvalue weighted by atomic mass is 10.0. The summed E-state index contributed by atoms with van der Waals surface area (Å²) in [5.41, 5.74) is 0. The zero-order valence-corrected chi connectivity index (χ0v) is 7.11. The van der Waals surface area contributed by atoms with Gasteiger partial charge in [0.15, 0.2) is 0 Å². The Bertz CT molecular complexity index is 43.8. The average Bonchev–Trinajstić information content (AvgIpc) is 1.83. The molecule has 0 heterocycles. The van der Waals surface area contributed by atoms with Gasteiger partial charge in [-0.3, -0.25) is 0 Å². The third-order valence-electron chi connectivity index (χ3n) is 1.75. The Hall–Kier alpha value is -0.0400. The normalized spacial score (nSPS) is 12.3. The minimum Gasteiger partial charge on any atom is -0.344 e. The van der Waals surface area contributed by atoms with Gasteiger partial charge >= 0.3 is 0 Å². The van der Waals surface area contributed by atoms with Crippen LogP contribution >= 0.6 is 0 Å².